The summed E-state index contributed by atoms with van der Waals surface area (Å²) in [5.74, 6) is 0. The van der Waals surface area contributed by atoms with Crippen molar-refractivity contribution in [2.45, 2.75) is 20.3 Å². The average Bonchev–Trinajstić information content (AvgIpc) is 1.87. The second kappa shape index (κ2) is 4.18. The van der Waals surface area contributed by atoms with Gasteiger partial charge < -0.3 is 15.6 Å². The van der Waals surface area contributed by atoms with E-state index >= 15 is 0 Å². The van der Waals surface area contributed by atoms with Gasteiger partial charge in [0.05, 0.1) is 6.61 Å². The fraction of sp³-hybridized carbons (Fsp3) is 0.857. The predicted octanol–water partition coefficient (Wildman–Crippen LogP) is 0.490. The second-order valence-corrected chi connectivity index (χ2v) is 3.24. The van der Waals surface area contributed by atoms with Crippen molar-refractivity contribution in [3.63, 3.8) is 0 Å². The molecule has 0 aliphatic rings. The fourth-order valence-corrected chi connectivity index (χ4v) is 0.507. The molecule has 4 nitrogen and oxygen atoms in total. The number of carbonyl (C=O) groups excluding carboxylic acids is 1. The molecule has 0 aromatic heterocycles. The summed E-state index contributed by atoms with van der Waals surface area (Å²) in [7, 11) is 0. The van der Waals surface area contributed by atoms with Gasteiger partial charge >= 0.3 is 6.09 Å². The number of rotatable bonds is 4. The smallest absolute Gasteiger partial charge is 0.404 e. The summed E-state index contributed by atoms with van der Waals surface area (Å²) in [5.41, 5.74) is 4.54. The minimum Gasteiger partial charge on any atom is -0.450 e. The lowest BCUT2D eigenvalue weighted by molar-refractivity contribution is 0.103. The average molecular weight is 161 g/mol. The zero-order valence-electron chi connectivity index (χ0n) is 6.96. The molecule has 0 atom stereocenters. The number of nitrogens with two attached hydrogens (primary N) is 1. The molecule has 0 rings (SSSR count). The van der Waals surface area contributed by atoms with Crippen molar-refractivity contribution in [2.75, 3.05) is 13.2 Å². The highest BCUT2D eigenvalue weighted by Gasteiger charge is 2.16. The van der Waals surface area contributed by atoms with Gasteiger partial charge in [0, 0.05) is 6.61 Å². The van der Waals surface area contributed by atoms with Gasteiger partial charge in [-0.1, -0.05) is 13.8 Å². The van der Waals surface area contributed by atoms with Crippen molar-refractivity contribution in [3.8, 4) is 0 Å². The minimum atomic E-state index is -0.765. The van der Waals surface area contributed by atoms with Gasteiger partial charge in [-0.3, -0.25) is 0 Å². The predicted molar refractivity (Wildman–Crippen MR) is 41.0 cm³/mol. The van der Waals surface area contributed by atoms with E-state index in [1.165, 1.54) is 0 Å². The lowest BCUT2D eigenvalue weighted by Gasteiger charge is -2.20. The number of aliphatic hydroxyl groups is 1. The van der Waals surface area contributed by atoms with E-state index in [1.807, 2.05) is 13.8 Å². The summed E-state index contributed by atoms with van der Waals surface area (Å²) in [6.45, 7) is 4.12. The number of amides is 1. The first-order chi connectivity index (χ1) is 4.98. The summed E-state index contributed by atoms with van der Waals surface area (Å²) in [6, 6.07) is 0. The highest BCUT2D eigenvalue weighted by molar-refractivity contribution is 5.64. The van der Waals surface area contributed by atoms with Crippen molar-refractivity contribution < 1.29 is 14.6 Å². The summed E-state index contributed by atoms with van der Waals surface area (Å²) in [5, 5.41) is 8.79. The number of carbonyl (C=O) groups is 1. The second-order valence-electron chi connectivity index (χ2n) is 3.24. The number of ether oxygens (including phenoxy) is 1. The van der Waals surface area contributed by atoms with Crippen LogP contribution in [0.1, 0.15) is 20.3 Å². The van der Waals surface area contributed by atoms with Gasteiger partial charge in [0.2, 0.25) is 0 Å². The number of aliphatic hydroxyl groups excluding tert-OH is 1. The molecule has 1 amide bonds. The van der Waals surface area contributed by atoms with Crippen molar-refractivity contribution >= 4 is 6.09 Å². The van der Waals surface area contributed by atoms with E-state index in [0.29, 0.717) is 6.42 Å². The zero-order valence-corrected chi connectivity index (χ0v) is 6.96. The molecule has 0 fully saturated rings. The van der Waals surface area contributed by atoms with Crippen LogP contribution in [0.15, 0.2) is 0 Å². The first-order valence-corrected chi connectivity index (χ1v) is 3.51. The third-order valence-corrected chi connectivity index (χ3v) is 1.45. The quantitative estimate of drug-likeness (QED) is 0.630. The minimum absolute atomic E-state index is 0.0785. The van der Waals surface area contributed by atoms with Crippen LogP contribution in [-0.4, -0.2) is 24.4 Å². The molecule has 0 aromatic rings. The Kier molecular flexibility index (Phi) is 3.89. The van der Waals surface area contributed by atoms with Gasteiger partial charge in [0.25, 0.3) is 0 Å². The van der Waals surface area contributed by atoms with E-state index in [9.17, 15) is 4.79 Å². The van der Waals surface area contributed by atoms with Crippen LogP contribution in [0.3, 0.4) is 0 Å². The molecular formula is C7H15NO3. The monoisotopic (exact) mass is 161 g/mol. The Morgan fingerprint density at radius 2 is 2.18 bits per heavy atom. The molecule has 66 valence electrons. The molecule has 0 heterocycles. The Balaban J connectivity index is 3.45. The molecule has 3 N–H and O–H groups in total. The highest BCUT2D eigenvalue weighted by atomic mass is 16.5. The standard InChI is InChI=1S/C7H15NO3/c1-7(2,5-9)3-4-11-6(8)10/h9H,3-5H2,1-2H3,(H2,8,10). The summed E-state index contributed by atoms with van der Waals surface area (Å²) < 4.78 is 4.51. The SMILES string of the molecule is CC(C)(CO)CCOC(N)=O. The number of primary amides is 1. The lowest BCUT2D eigenvalue weighted by atomic mass is 9.91. The van der Waals surface area contributed by atoms with E-state index < -0.39 is 6.09 Å². The van der Waals surface area contributed by atoms with E-state index in [4.69, 9.17) is 10.8 Å². The van der Waals surface area contributed by atoms with Crippen LogP contribution in [0.5, 0.6) is 0 Å². The lowest BCUT2D eigenvalue weighted by Crippen LogP contribution is -2.22. The van der Waals surface area contributed by atoms with Crippen LogP contribution in [0.4, 0.5) is 4.79 Å². The molecule has 0 radical (unpaired) electrons. The molecule has 0 aromatic carbocycles. The van der Waals surface area contributed by atoms with E-state index in [1.54, 1.807) is 0 Å². The molecule has 0 saturated heterocycles. The summed E-state index contributed by atoms with van der Waals surface area (Å²) in [6.07, 6.45) is -0.148. The number of hydrogen-bond donors (Lipinski definition) is 2. The first-order valence-electron chi connectivity index (χ1n) is 3.51. The summed E-state index contributed by atoms with van der Waals surface area (Å²) >= 11 is 0. The molecule has 4 heteroatoms. The van der Waals surface area contributed by atoms with E-state index in [0.717, 1.165) is 0 Å². The van der Waals surface area contributed by atoms with Gasteiger partial charge in [-0.05, 0) is 11.8 Å². The molecule has 0 spiro atoms. The Hall–Kier alpha value is -0.770. The Bertz CT molecular complexity index is 134. The van der Waals surface area contributed by atoms with E-state index in [2.05, 4.69) is 4.74 Å². The normalized spacial score (nSPS) is 11.2. The van der Waals surface area contributed by atoms with Gasteiger partial charge in [0.1, 0.15) is 0 Å². The maximum absolute atomic E-state index is 10.1. The van der Waals surface area contributed by atoms with Crippen LogP contribution in [0.2, 0.25) is 0 Å². The zero-order chi connectivity index (χ0) is 8.91. The molecule has 0 unspecified atom stereocenters. The maximum atomic E-state index is 10.1. The first kappa shape index (κ1) is 10.2. The molecule has 0 bridgehead atoms. The van der Waals surface area contributed by atoms with Crippen LogP contribution >= 0.6 is 0 Å². The Labute approximate surface area is 66.3 Å². The molecular weight excluding hydrogens is 146 g/mol. The van der Waals surface area contributed by atoms with Crippen LogP contribution in [0.25, 0.3) is 0 Å². The summed E-state index contributed by atoms with van der Waals surface area (Å²) in [4.78, 5) is 10.1. The topological polar surface area (TPSA) is 72.6 Å². The Morgan fingerprint density at radius 3 is 2.55 bits per heavy atom. The third-order valence-electron chi connectivity index (χ3n) is 1.45. The van der Waals surface area contributed by atoms with Crippen LogP contribution in [-0.2, 0) is 4.74 Å². The number of hydrogen-bond acceptors (Lipinski definition) is 3. The molecule has 0 aliphatic heterocycles. The van der Waals surface area contributed by atoms with Crippen molar-refractivity contribution in [1.82, 2.24) is 0 Å². The van der Waals surface area contributed by atoms with Crippen molar-refractivity contribution in [1.29, 1.82) is 0 Å². The van der Waals surface area contributed by atoms with Gasteiger partial charge in [-0.15, -0.1) is 0 Å². The van der Waals surface area contributed by atoms with Crippen LogP contribution in [0, 0.1) is 5.41 Å². The third kappa shape index (κ3) is 5.66. The molecule has 0 saturated carbocycles. The highest BCUT2D eigenvalue weighted by Crippen LogP contribution is 2.18. The fourth-order valence-electron chi connectivity index (χ4n) is 0.507. The van der Waals surface area contributed by atoms with E-state index in [-0.39, 0.29) is 18.6 Å². The van der Waals surface area contributed by atoms with Gasteiger partial charge in [-0.2, -0.15) is 0 Å². The molecule has 0 aliphatic carbocycles. The maximum Gasteiger partial charge on any atom is 0.404 e. The largest absolute Gasteiger partial charge is 0.450 e. The molecule has 11 heavy (non-hydrogen) atoms. The van der Waals surface area contributed by atoms with Crippen molar-refractivity contribution in [3.05, 3.63) is 0 Å². The van der Waals surface area contributed by atoms with Crippen LogP contribution < -0.4 is 5.73 Å². The van der Waals surface area contributed by atoms with Gasteiger partial charge in [0.15, 0.2) is 0 Å². The Morgan fingerprint density at radius 1 is 1.64 bits per heavy atom. The van der Waals surface area contributed by atoms with Gasteiger partial charge in [-0.25, -0.2) is 4.79 Å². The van der Waals surface area contributed by atoms with Crippen molar-refractivity contribution in [2.24, 2.45) is 11.1 Å².